The Morgan fingerprint density at radius 1 is 1.20 bits per heavy atom. The molecular formula is C24H22F2N8O. The first-order chi connectivity index (χ1) is 16.9. The Hall–Kier alpha value is -4.01. The Kier molecular flexibility index (Phi) is 5.84. The van der Waals surface area contributed by atoms with Gasteiger partial charge < -0.3 is 5.11 Å². The van der Waals surface area contributed by atoms with Crippen molar-refractivity contribution >= 4 is 0 Å². The number of rotatable bonds is 6. The van der Waals surface area contributed by atoms with Crippen molar-refractivity contribution < 1.29 is 13.9 Å². The molecule has 0 bridgehead atoms. The van der Waals surface area contributed by atoms with Crippen LogP contribution in [0.2, 0.25) is 0 Å². The Morgan fingerprint density at radius 3 is 2.80 bits per heavy atom. The molecule has 1 N–H and O–H groups in total. The maximum absolute atomic E-state index is 14.9. The second-order valence-electron chi connectivity index (χ2n) is 8.56. The highest BCUT2D eigenvalue weighted by molar-refractivity contribution is 5.57. The van der Waals surface area contributed by atoms with E-state index in [0.29, 0.717) is 36.8 Å². The average molecular weight is 476 g/mol. The van der Waals surface area contributed by atoms with Crippen LogP contribution in [0.4, 0.5) is 8.78 Å². The second kappa shape index (κ2) is 8.98. The summed E-state index contributed by atoms with van der Waals surface area (Å²) >= 11 is 0. The molecule has 1 aliphatic heterocycles. The Labute approximate surface area is 199 Å². The molecule has 4 aromatic rings. The Morgan fingerprint density at radius 2 is 2.06 bits per heavy atom. The molecule has 178 valence electrons. The van der Waals surface area contributed by atoms with E-state index in [1.165, 1.54) is 23.4 Å². The topological polar surface area (TPSA) is 109 Å². The van der Waals surface area contributed by atoms with Crippen molar-refractivity contribution in [3.8, 4) is 17.5 Å². The van der Waals surface area contributed by atoms with Gasteiger partial charge in [-0.05, 0) is 25.1 Å². The molecule has 0 spiro atoms. The Bertz CT molecular complexity index is 1400. The molecule has 5 rings (SSSR count). The van der Waals surface area contributed by atoms with Gasteiger partial charge in [0.1, 0.15) is 35.7 Å². The van der Waals surface area contributed by atoms with Crippen LogP contribution in [0.5, 0.6) is 0 Å². The summed E-state index contributed by atoms with van der Waals surface area (Å²) in [5.74, 6) is -0.363. The van der Waals surface area contributed by atoms with Crippen LogP contribution in [0.25, 0.3) is 11.4 Å². The third-order valence-corrected chi connectivity index (χ3v) is 6.45. The lowest BCUT2D eigenvalue weighted by Gasteiger charge is -2.42. The summed E-state index contributed by atoms with van der Waals surface area (Å²) in [7, 11) is 0. The highest BCUT2D eigenvalue weighted by Crippen LogP contribution is 2.34. The number of hydrogen-bond donors (Lipinski definition) is 1. The van der Waals surface area contributed by atoms with Gasteiger partial charge in [0, 0.05) is 29.8 Å². The third-order valence-electron chi connectivity index (χ3n) is 6.45. The van der Waals surface area contributed by atoms with Crippen molar-refractivity contribution in [2.24, 2.45) is 0 Å². The molecule has 2 atom stereocenters. The van der Waals surface area contributed by atoms with E-state index in [4.69, 9.17) is 0 Å². The van der Waals surface area contributed by atoms with Crippen molar-refractivity contribution in [3.63, 3.8) is 0 Å². The van der Waals surface area contributed by atoms with Gasteiger partial charge in [0.25, 0.3) is 0 Å². The third kappa shape index (κ3) is 4.29. The maximum atomic E-state index is 14.9. The van der Waals surface area contributed by atoms with E-state index >= 15 is 0 Å². The maximum Gasteiger partial charge on any atom is 0.181 e. The minimum atomic E-state index is -1.74. The van der Waals surface area contributed by atoms with Crippen LogP contribution in [-0.4, -0.2) is 52.1 Å². The van der Waals surface area contributed by atoms with Gasteiger partial charge in [-0.25, -0.2) is 28.1 Å². The van der Waals surface area contributed by atoms with E-state index in [9.17, 15) is 19.1 Å². The molecular weight excluding hydrogens is 454 g/mol. The summed E-state index contributed by atoms with van der Waals surface area (Å²) in [4.78, 5) is 10.6. The summed E-state index contributed by atoms with van der Waals surface area (Å²) in [6.07, 6.45) is 2.77. The fourth-order valence-corrected chi connectivity index (χ4v) is 4.48. The van der Waals surface area contributed by atoms with E-state index in [1.807, 2.05) is 11.0 Å². The molecule has 1 aliphatic rings. The SMILES string of the molecule is C[C@@H](N1CCn2nc(-c3cccc(C#N)c3)nc2C1)[C@](O)(Cn1cncn1)c1ccc(F)cc1F. The lowest BCUT2D eigenvalue weighted by Crippen LogP contribution is -2.53. The van der Waals surface area contributed by atoms with Gasteiger partial charge in [0.05, 0.1) is 31.3 Å². The molecule has 0 unspecified atom stereocenters. The van der Waals surface area contributed by atoms with E-state index < -0.39 is 23.3 Å². The fraction of sp³-hybridized carbons (Fsp3) is 0.292. The highest BCUT2D eigenvalue weighted by atomic mass is 19.1. The van der Waals surface area contributed by atoms with Crippen molar-refractivity contribution in [2.45, 2.75) is 38.2 Å². The second-order valence-corrected chi connectivity index (χ2v) is 8.56. The Balaban J connectivity index is 1.46. The molecule has 0 aliphatic carbocycles. The molecule has 9 nitrogen and oxygen atoms in total. The number of fused-ring (bicyclic) bond motifs is 1. The minimum Gasteiger partial charge on any atom is -0.381 e. The molecule has 35 heavy (non-hydrogen) atoms. The van der Waals surface area contributed by atoms with Gasteiger partial charge >= 0.3 is 0 Å². The van der Waals surface area contributed by atoms with E-state index in [-0.39, 0.29) is 12.1 Å². The van der Waals surface area contributed by atoms with E-state index in [1.54, 1.807) is 29.8 Å². The molecule has 2 aromatic heterocycles. The van der Waals surface area contributed by atoms with Gasteiger partial charge in [-0.2, -0.15) is 15.5 Å². The summed E-state index contributed by atoms with van der Waals surface area (Å²) < 4.78 is 31.7. The first-order valence-electron chi connectivity index (χ1n) is 11.1. The zero-order valence-electron chi connectivity index (χ0n) is 18.9. The summed E-state index contributed by atoms with van der Waals surface area (Å²) in [6.45, 7) is 3.11. The standard InChI is InChI=1S/C24H22F2N8O/c1-16(24(35,13-33-15-28-14-29-33)20-6-5-19(25)10-21(20)26)32-7-8-34-22(12-32)30-23(31-34)18-4-2-3-17(9-18)11-27/h2-6,9-10,14-16,35H,7-8,12-13H2,1H3/t16-,24-/m1/s1. The minimum absolute atomic E-state index is 0.0250. The van der Waals surface area contributed by atoms with Crippen LogP contribution < -0.4 is 0 Å². The van der Waals surface area contributed by atoms with Crippen molar-refractivity contribution in [2.75, 3.05) is 6.54 Å². The van der Waals surface area contributed by atoms with Crippen LogP contribution in [0.1, 0.15) is 23.9 Å². The van der Waals surface area contributed by atoms with Crippen LogP contribution in [0, 0.1) is 23.0 Å². The van der Waals surface area contributed by atoms with Gasteiger partial charge in [0.2, 0.25) is 0 Å². The summed E-state index contributed by atoms with van der Waals surface area (Å²) in [6, 6.07) is 11.8. The van der Waals surface area contributed by atoms with Gasteiger partial charge in [-0.3, -0.25) is 4.90 Å². The van der Waals surface area contributed by atoms with Crippen molar-refractivity contribution in [1.29, 1.82) is 5.26 Å². The number of aromatic nitrogens is 6. The van der Waals surface area contributed by atoms with Crippen molar-refractivity contribution in [3.05, 3.63) is 83.7 Å². The lowest BCUT2D eigenvalue weighted by atomic mass is 9.85. The zero-order valence-corrected chi connectivity index (χ0v) is 18.9. The molecule has 0 fully saturated rings. The normalized spacial score (nSPS) is 16.3. The quantitative estimate of drug-likeness (QED) is 0.455. The molecule has 0 saturated carbocycles. The first kappa shape index (κ1) is 22.8. The monoisotopic (exact) mass is 476 g/mol. The highest BCUT2D eigenvalue weighted by Gasteiger charge is 2.43. The smallest absolute Gasteiger partial charge is 0.181 e. The van der Waals surface area contributed by atoms with Gasteiger partial charge in [-0.1, -0.05) is 18.2 Å². The number of nitrogens with zero attached hydrogens (tertiary/aromatic N) is 8. The van der Waals surface area contributed by atoms with Crippen LogP contribution >= 0.6 is 0 Å². The number of benzene rings is 2. The molecule has 0 radical (unpaired) electrons. The average Bonchev–Trinajstić information content (AvgIpc) is 3.52. The predicted molar refractivity (Wildman–Crippen MR) is 120 cm³/mol. The summed E-state index contributed by atoms with van der Waals surface area (Å²) in [5.41, 5.74) is -0.507. The first-order valence-corrected chi connectivity index (χ1v) is 11.1. The lowest BCUT2D eigenvalue weighted by molar-refractivity contribution is -0.0714. The van der Waals surface area contributed by atoms with E-state index in [2.05, 4.69) is 26.2 Å². The molecule has 11 heteroatoms. The van der Waals surface area contributed by atoms with Crippen LogP contribution in [0.3, 0.4) is 0 Å². The van der Waals surface area contributed by atoms with Crippen molar-refractivity contribution in [1.82, 2.24) is 34.4 Å². The summed E-state index contributed by atoms with van der Waals surface area (Å²) in [5, 5.41) is 29.7. The predicted octanol–water partition coefficient (Wildman–Crippen LogP) is 2.48. The van der Waals surface area contributed by atoms with Crippen LogP contribution in [0.15, 0.2) is 55.1 Å². The largest absolute Gasteiger partial charge is 0.381 e. The number of halogens is 2. The molecule has 3 heterocycles. The van der Waals surface area contributed by atoms with Gasteiger partial charge in [0.15, 0.2) is 5.82 Å². The molecule has 0 saturated heterocycles. The number of aliphatic hydroxyl groups is 1. The molecule has 0 amide bonds. The zero-order chi connectivity index (χ0) is 24.6. The van der Waals surface area contributed by atoms with Gasteiger partial charge in [-0.15, -0.1) is 0 Å². The number of nitriles is 1. The number of hydrogen-bond acceptors (Lipinski definition) is 7. The van der Waals surface area contributed by atoms with Crippen LogP contribution in [-0.2, 0) is 25.2 Å². The molecule has 2 aromatic carbocycles. The fourth-order valence-electron chi connectivity index (χ4n) is 4.48. The van der Waals surface area contributed by atoms with E-state index in [0.717, 1.165) is 17.7 Å².